The van der Waals surface area contributed by atoms with E-state index in [0.29, 0.717) is 0 Å². The van der Waals surface area contributed by atoms with Crippen LogP contribution in [0.2, 0.25) is 0 Å². The van der Waals surface area contributed by atoms with Crippen LogP contribution in [0.1, 0.15) is 6.92 Å². The minimum atomic E-state index is 1.08. The number of para-hydroxylation sites is 6. The molecule has 0 spiro atoms. The summed E-state index contributed by atoms with van der Waals surface area (Å²) < 4.78 is 7.12. The van der Waals surface area contributed by atoms with Crippen molar-refractivity contribution < 1.29 is 0 Å². The van der Waals surface area contributed by atoms with Crippen molar-refractivity contribution >= 4 is 82.5 Å². The Morgan fingerprint density at radius 2 is 0.475 bits per heavy atom. The standard InChI is InChI=1S/C54H36N4.C3H6/c1-7-19-49-43(13-1)44-14-2-8-20-50(44)56(49)40-31-25-37(26-32-40)55(38-27-33-41(34-28-38)57-51-21-9-3-15-45(51)46-16-4-10-22-52(46)57)39-29-35-42(36-30-39)58-53-23-11-5-17-47(53)48-18-6-12-24-54(48)58;1-3-2/h1-36H;3H,1H2,2H3. The Morgan fingerprint density at radius 3 is 0.672 bits per heavy atom. The van der Waals surface area contributed by atoms with Crippen LogP contribution in [0.3, 0.4) is 0 Å². The molecule has 0 saturated carbocycles. The molecule has 12 rings (SSSR count). The van der Waals surface area contributed by atoms with E-state index in [0.717, 1.165) is 34.1 Å². The summed E-state index contributed by atoms with van der Waals surface area (Å²) in [6, 6.07) is 79.1. The Bertz CT molecular complexity index is 3010. The van der Waals surface area contributed by atoms with E-state index in [1.165, 1.54) is 65.4 Å². The lowest BCUT2D eigenvalue weighted by Gasteiger charge is -2.26. The highest BCUT2D eigenvalue weighted by atomic mass is 15.1. The Kier molecular flexibility index (Phi) is 8.83. The third-order valence-electron chi connectivity index (χ3n) is 11.8. The van der Waals surface area contributed by atoms with Crippen LogP contribution in [0.15, 0.2) is 231 Å². The summed E-state index contributed by atoms with van der Waals surface area (Å²) in [5.41, 5.74) is 13.9. The maximum atomic E-state index is 3.36. The third-order valence-corrected chi connectivity index (χ3v) is 11.8. The summed E-state index contributed by atoms with van der Waals surface area (Å²) in [5, 5.41) is 7.56. The first-order valence-corrected chi connectivity index (χ1v) is 20.8. The smallest absolute Gasteiger partial charge is 0.0541 e. The van der Waals surface area contributed by atoms with Crippen LogP contribution in [-0.4, -0.2) is 13.7 Å². The minimum absolute atomic E-state index is 1.08. The number of fused-ring (bicyclic) bond motifs is 9. The van der Waals surface area contributed by atoms with E-state index in [9.17, 15) is 0 Å². The van der Waals surface area contributed by atoms with Crippen LogP contribution in [0.25, 0.3) is 82.5 Å². The maximum Gasteiger partial charge on any atom is 0.0541 e. The first kappa shape index (κ1) is 36.0. The SMILES string of the molecule is C=CC.c1ccc2c(c1)c1ccccc1n2-c1ccc(N(c2ccc(-n3c4ccccc4c4ccccc43)cc2)c2ccc(-n3c4ccccc4c4ccccc43)cc2)cc1. The van der Waals surface area contributed by atoms with E-state index in [4.69, 9.17) is 0 Å². The number of hydrogen-bond acceptors (Lipinski definition) is 1. The van der Waals surface area contributed by atoms with Gasteiger partial charge in [-0.3, -0.25) is 0 Å². The molecule has 3 aromatic heterocycles. The molecule has 0 unspecified atom stereocenters. The molecular formula is C57H42N4. The highest BCUT2D eigenvalue weighted by Crippen LogP contribution is 2.40. The molecule has 0 bridgehead atoms. The summed E-state index contributed by atoms with van der Waals surface area (Å²) in [4.78, 5) is 2.36. The molecule has 0 radical (unpaired) electrons. The molecule has 9 aromatic carbocycles. The van der Waals surface area contributed by atoms with E-state index in [2.05, 4.69) is 244 Å². The van der Waals surface area contributed by atoms with Gasteiger partial charge in [0.25, 0.3) is 0 Å². The first-order valence-electron chi connectivity index (χ1n) is 20.8. The fourth-order valence-electron chi connectivity index (χ4n) is 9.30. The van der Waals surface area contributed by atoms with Gasteiger partial charge in [-0.2, -0.15) is 0 Å². The Hall–Kier alpha value is -8.08. The van der Waals surface area contributed by atoms with Gasteiger partial charge in [-0.05, 0) is 116 Å². The second kappa shape index (κ2) is 14.9. The van der Waals surface area contributed by atoms with Crippen molar-refractivity contribution in [3.05, 3.63) is 231 Å². The Balaban J connectivity index is 0.00000136. The zero-order valence-corrected chi connectivity index (χ0v) is 33.9. The van der Waals surface area contributed by atoms with Gasteiger partial charge in [-0.1, -0.05) is 115 Å². The second-order valence-corrected chi connectivity index (χ2v) is 15.4. The molecule has 0 saturated heterocycles. The molecule has 0 aliphatic carbocycles. The van der Waals surface area contributed by atoms with Crippen LogP contribution in [0.4, 0.5) is 17.1 Å². The Labute approximate surface area is 354 Å². The van der Waals surface area contributed by atoms with Crippen LogP contribution in [-0.2, 0) is 0 Å². The van der Waals surface area contributed by atoms with Gasteiger partial charge >= 0.3 is 0 Å². The van der Waals surface area contributed by atoms with Gasteiger partial charge in [-0.15, -0.1) is 6.58 Å². The quantitative estimate of drug-likeness (QED) is 0.154. The van der Waals surface area contributed by atoms with Crippen LogP contribution in [0, 0.1) is 0 Å². The molecule has 0 fully saturated rings. The van der Waals surface area contributed by atoms with Crippen molar-refractivity contribution in [3.63, 3.8) is 0 Å². The van der Waals surface area contributed by atoms with E-state index in [1.807, 2.05) is 6.92 Å². The maximum absolute atomic E-state index is 3.36. The zero-order chi connectivity index (χ0) is 40.9. The summed E-state index contributed by atoms with van der Waals surface area (Å²) in [6.45, 7) is 5.25. The van der Waals surface area contributed by atoms with Gasteiger partial charge in [0.15, 0.2) is 0 Å². The largest absolute Gasteiger partial charge is 0.310 e. The molecule has 12 aromatic rings. The normalized spacial score (nSPS) is 11.4. The number of aromatic nitrogens is 3. The average Bonchev–Trinajstić information content (AvgIpc) is 3.96. The topological polar surface area (TPSA) is 18.0 Å². The number of anilines is 3. The number of rotatable bonds is 6. The van der Waals surface area contributed by atoms with Crippen molar-refractivity contribution in [1.29, 1.82) is 0 Å². The highest BCUT2D eigenvalue weighted by molar-refractivity contribution is 6.11. The first-order chi connectivity index (χ1) is 30.2. The summed E-state index contributed by atoms with van der Waals surface area (Å²) in [7, 11) is 0. The molecule has 0 amide bonds. The van der Waals surface area contributed by atoms with Crippen molar-refractivity contribution in [2.24, 2.45) is 0 Å². The van der Waals surface area contributed by atoms with E-state index >= 15 is 0 Å². The molecule has 290 valence electrons. The van der Waals surface area contributed by atoms with Crippen LogP contribution in [0.5, 0.6) is 0 Å². The van der Waals surface area contributed by atoms with Crippen LogP contribution < -0.4 is 4.90 Å². The molecule has 0 aliphatic heterocycles. The minimum Gasteiger partial charge on any atom is -0.310 e. The lowest BCUT2D eigenvalue weighted by Crippen LogP contribution is -2.10. The number of benzene rings is 9. The fraction of sp³-hybridized carbons (Fsp3) is 0.0175. The van der Waals surface area contributed by atoms with Gasteiger partial charge in [0.1, 0.15) is 0 Å². The summed E-state index contributed by atoms with van der Waals surface area (Å²) in [5.74, 6) is 0. The summed E-state index contributed by atoms with van der Waals surface area (Å²) >= 11 is 0. The van der Waals surface area contributed by atoms with Gasteiger partial charge in [0.05, 0.1) is 33.1 Å². The number of hydrogen-bond donors (Lipinski definition) is 0. The zero-order valence-electron chi connectivity index (χ0n) is 33.9. The molecule has 4 nitrogen and oxygen atoms in total. The molecular weight excluding hydrogens is 741 g/mol. The van der Waals surface area contributed by atoms with Gasteiger partial charge in [-0.25, -0.2) is 0 Å². The molecule has 0 atom stereocenters. The van der Waals surface area contributed by atoms with E-state index in [-0.39, 0.29) is 0 Å². The molecule has 3 heterocycles. The lowest BCUT2D eigenvalue weighted by atomic mass is 10.1. The van der Waals surface area contributed by atoms with Crippen molar-refractivity contribution in [3.8, 4) is 17.1 Å². The van der Waals surface area contributed by atoms with Crippen molar-refractivity contribution in [2.75, 3.05) is 4.90 Å². The number of allylic oxidation sites excluding steroid dienone is 1. The van der Waals surface area contributed by atoms with E-state index < -0.39 is 0 Å². The lowest BCUT2D eigenvalue weighted by molar-refractivity contribution is 1.16. The monoisotopic (exact) mass is 782 g/mol. The molecule has 61 heavy (non-hydrogen) atoms. The molecule has 4 heteroatoms. The van der Waals surface area contributed by atoms with Crippen molar-refractivity contribution in [1.82, 2.24) is 13.7 Å². The van der Waals surface area contributed by atoms with Gasteiger partial charge < -0.3 is 18.6 Å². The Morgan fingerprint density at radius 1 is 0.295 bits per heavy atom. The fourth-order valence-corrected chi connectivity index (χ4v) is 9.30. The van der Waals surface area contributed by atoms with Gasteiger partial charge in [0, 0.05) is 66.4 Å². The highest BCUT2D eigenvalue weighted by Gasteiger charge is 2.18. The van der Waals surface area contributed by atoms with Gasteiger partial charge in [0.2, 0.25) is 0 Å². The predicted octanol–water partition coefficient (Wildman–Crippen LogP) is 15.6. The third kappa shape index (κ3) is 5.91. The van der Waals surface area contributed by atoms with Crippen LogP contribution >= 0.6 is 0 Å². The predicted molar refractivity (Wildman–Crippen MR) is 260 cm³/mol. The molecule has 0 aliphatic rings. The number of nitrogens with zero attached hydrogens (tertiary/aromatic N) is 4. The second-order valence-electron chi connectivity index (χ2n) is 15.4. The molecule has 0 N–H and O–H groups in total. The summed E-state index contributed by atoms with van der Waals surface area (Å²) in [6.07, 6.45) is 1.75. The van der Waals surface area contributed by atoms with E-state index in [1.54, 1.807) is 6.08 Å². The average molecular weight is 783 g/mol. The van der Waals surface area contributed by atoms with Crippen molar-refractivity contribution in [2.45, 2.75) is 6.92 Å².